The van der Waals surface area contributed by atoms with E-state index in [4.69, 9.17) is 11.6 Å². The molecule has 1 N–H and O–H groups in total. The SMILES string of the molecule is CCC1CNC(C(C)C)CN1c1ccc(Cl)cc1. The van der Waals surface area contributed by atoms with Gasteiger partial charge in [0.25, 0.3) is 0 Å². The van der Waals surface area contributed by atoms with Crippen molar-refractivity contribution in [1.29, 1.82) is 0 Å². The Morgan fingerprint density at radius 2 is 2.00 bits per heavy atom. The van der Waals surface area contributed by atoms with Crippen molar-refractivity contribution in [1.82, 2.24) is 5.32 Å². The van der Waals surface area contributed by atoms with Crippen molar-refractivity contribution in [3.05, 3.63) is 29.3 Å². The largest absolute Gasteiger partial charge is 0.366 e. The first kappa shape index (κ1) is 13.7. The van der Waals surface area contributed by atoms with E-state index in [1.165, 1.54) is 12.1 Å². The number of hydrogen-bond donors (Lipinski definition) is 1. The molecule has 0 spiro atoms. The molecule has 0 aliphatic carbocycles. The molecule has 18 heavy (non-hydrogen) atoms. The molecule has 1 aromatic rings. The van der Waals surface area contributed by atoms with Crippen LogP contribution < -0.4 is 10.2 Å². The molecule has 1 heterocycles. The minimum atomic E-state index is 0.573. The van der Waals surface area contributed by atoms with Crippen LogP contribution in [0.1, 0.15) is 27.2 Å². The van der Waals surface area contributed by atoms with Gasteiger partial charge in [-0.15, -0.1) is 0 Å². The smallest absolute Gasteiger partial charge is 0.0412 e. The van der Waals surface area contributed by atoms with Crippen LogP contribution >= 0.6 is 11.6 Å². The van der Waals surface area contributed by atoms with E-state index in [9.17, 15) is 0 Å². The number of hydrogen-bond acceptors (Lipinski definition) is 2. The molecule has 1 aromatic carbocycles. The number of anilines is 1. The van der Waals surface area contributed by atoms with Crippen molar-refractivity contribution >= 4 is 17.3 Å². The van der Waals surface area contributed by atoms with Gasteiger partial charge in [0.15, 0.2) is 0 Å². The standard InChI is InChI=1S/C15H23ClN2/c1-4-13-9-17-15(11(2)3)10-18(13)14-7-5-12(16)6-8-14/h5-8,11,13,15,17H,4,9-10H2,1-3H3. The van der Waals surface area contributed by atoms with Gasteiger partial charge in [-0.25, -0.2) is 0 Å². The van der Waals surface area contributed by atoms with Crippen molar-refractivity contribution in [3.63, 3.8) is 0 Å². The van der Waals surface area contributed by atoms with Gasteiger partial charge in [-0.05, 0) is 36.6 Å². The number of nitrogens with zero attached hydrogens (tertiary/aromatic N) is 1. The second kappa shape index (κ2) is 5.94. The molecule has 1 saturated heterocycles. The lowest BCUT2D eigenvalue weighted by molar-refractivity contribution is 0.325. The van der Waals surface area contributed by atoms with Crippen LogP contribution in [0.15, 0.2) is 24.3 Å². The van der Waals surface area contributed by atoms with E-state index >= 15 is 0 Å². The Morgan fingerprint density at radius 1 is 1.33 bits per heavy atom. The molecule has 2 rings (SSSR count). The molecule has 1 aliphatic heterocycles. The third-order valence-electron chi connectivity index (χ3n) is 3.88. The third kappa shape index (κ3) is 2.99. The Hall–Kier alpha value is -0.730. The lowest BCUT2D eigenvalue weighted by Crippen LogP contribution is -2.58. The highest BCUT2D eigenvalue weighted by molar-refractivity contribution is 6.30. The first-order chi connectivity index (χ1) is 8.61. The molecule has 1 aliphatic rings. The first-order valence-electron chi connectivity index (χ1n) is 6.87. The highest BCUT2D eigenvalue weighted by Gasteiger charge is 2.28. The summed E-state index contributed by atoms with van der Waals surface area (Å²) in [6.07, 6.45) is 1.17. The Bertz CT molecular complexity index is 375. The van der Waals surface area contributed by atoms with Gasteiger partial charge >= 0.3 is 0 Å². The lowest BCUT2D eigenvalue weighted by Gasteiger charge is -2.43. The van der Waals surface area contributed by atoms with E-state index in [1.807, 2.05) is 12.1 Å². The van der Waals surface area contributed by atoms with Gasteiger partial charge in [0, 0.05) is 35.9 Å². The highest BCUT2D eigenvalue weighted by atomic mass is 35.5. The van der Waals surface area contributed by atoms with Crippen LogP contribution in [0.4, 0.5) is 5.69 Å². The van der Waals surface area contributed by atoms with Crippen LogP contribution in [0, 0.1) is 5.92 Å². The summed E-state index contributed by atoms with van der Waals surface area (Å²) in [5.74, 6) is 0.664. The summed E-state index contributed by atoms with van der Waals surface area (Å²) in [6, 6.07) is 9.39. The maximum atomic E-state index is 5.97. The predicted molar refractivity (Wildman–Crippen MR) is 79.5 cm³/mol. The highest BCUT2D eigenvalue weighted by Crippen LogP contribution is 2.24. The van der Waals surface area contributed by atoms with Crippen LogP contribution in [-0.4, -0.2) is 25.2 Å². The quantitative estimate of drug-likeness (QED) is 0.900. The summed E-state index contributed by atoms with van der Waals surface area (Å²) in [7, 11) is 0. The third-order valence-corrected chi connectivity index (χ3v) is 4.14. The summed E-state index contributed by atoms with van der Waals surface area (Å²) < 4.78 is 0. The van der Waals surface area contributed by atoms with Crippen molar-refractivity contribution < 1.29 is 0 Å². The zero-order valence-electron chi connectivity index (χ0n) is 11.5. The topological polar surface area (TPSA) is 15.3 Å². The molecule has 0 bridgehead atoms. The fourth-order valence-corrected chi connectivity index (χ4v) is 2.71. The average Bonchev–Trinajstić information content (AvgIpc) is 2.39. The number of nitrogens with one attached hydrogen (secondary N) is 1. The van der Waals surface area contributed by atoms with E-state index in [0.29, 0.717) is 18.0 Å². The van der Waals surface area contributed by atoms with Crippen molar-refractivity contribution in [2.45, 2.75) is 39.3 Å². The zero-order valence-corrected chi connectivity index (χ0v) is 12.2. The molecule has 2 atom stereocenters. The summed E-state index contributed by atoms with van der Waals surface area (Å²) in [4.78, 5) is 2.53. The van der Waals surface area contributed by atoms with Gasteiger partial charge in [-0.2, -0.15) is 0 Å². The second-order valence-corrected chi connectivity index (χ2v) is 5.89. The van der Waals surface area contributed by atoms with Crippen molar-refractivity contribution in [2.24, 2.45) is 5.92 Å². The minimum absolute atomic E-state index is 0.573. The molecule has 3 heteroatoms. The minimum Gasteiger partial charge on any atom is -0.366 e. The van der Waals surface area contributed by atoms with Crippen molar-refractivity contribution in [3.8, 4) is 0 Å². The molecule has 0 radical (unpaired) electrons. The fraction of sp³-hybridized carbons (Fsp3) is 0.600. The maximum absolute atomic E-state index is 5.97. The van der Waals surface area contributed by atoms with E-state index in [1.54, 1.807) is 0 Å². The number of benzene rings is 1. The number of rotatable bonds is 3. The molecule has 2 nitrogen and oxygen atoms in total. The Labute approximate surface area is 115 Å². The summed E-state index contributed by atoms with van der Waals surface area (Å²) in [5.41, 5.74) is 1.29. The molecule has 0 aromatic heterocycles. The van der Waals surface area contributed by atoms with E-state index < -0.39 is 0 Å². The van der Waals surface area contributed by atoms with Crippen LogP contribution in [-0.2, 0) is 0 Å². The number of halogens is 1. The monoisotopic (exact) mass is 266 g/mol. The Morgan fingerprint density at radius 3 is 2.56 bits per heavy atom. The summed E-state index contributed by atoms with van der Waals surface area (Å²) in [6.45, 7) is 8.97. The molecular weight excluding hydrogens is 244 g/mol. The van der Waals surface area contributed by atoms with Gasteiger partial charge < -0.3 is 10.2 Å². The average molecular weight is 267 g/mol. The normalized spacial score (nSPS) is 24.6. The van der Waals surface area contributed by atoms with Crippen LogP contribution in [0.2, 0.25) is 5.02 Å². The van der Waals surface area contributed by atoms with E-state index in [0.717, 1.165) is 18.1 Å². The van der Waals surface area contributed by atoms with E-state index in [-0.39, 0.29) is 0 Å². The first-order valence-corrected chi connectivity index (χ1v) is 7.25. The summed E-state index contributed by atoms with van der Waals surface area (Å²) >= 11 is 5.97. The van der Waals surface area contributed by atoms with Gasteiger partial charge in [0.05, 0.1) is 0 Å². The maximum Gasteiger partial charge on any atom is 0.0412 e. The molecule has 1 fully saturated rings. The molecule has 0 amide bonds. The van der Waals surface area contributed by atoms with Crippen LogP contribution in [0.25, 0.3) is 0 Å². The van der Waals surface area contributed by atoms with Crippen LogP contribution in [0.5, 0.6) is 0 Å². The fourth-order valence-electron chi connectivity index (χ4n) is 2.58. The summed E-state index contributed by atoms with van der Waals surface area (Å²) in [5, 5.41) is 4.47. The molecule has 0 saturated carbocycles. The lowest BCUT2D eigenvalue weighted by atomic mass is 9.98. The molecule has 100 valence electrons. The molecular formula is C15H23ClN2. The van der Waals surface area contributed by atoms with Gasteiger partial charge in [0.2, 0.25) is 0 Å². The zero-order chi connectivity index (χ0) is 13.1. The Kier molecular flexibility index (Phi) is 4.52. The van der Waals surface area contributed by atoms with Gasteiger partial charge in [0.1, 0.15) is 0 Å². The van der Waals surface area contributed by atoms with Crippen molar-refractivity contribution in [2.75, 3.05) is 18.0 Å². The van der Waals surface area contributed by atoms with E-state index in [2.05, 4.69) is 43.1 Å². The van der Waals surface area contributed by atoms with Gasteiger partial charge in [-0.1, -0.05) is 32.4 Å². The van der Waals surface area contributed by atoms with Crippen LogP contribution in [0.3, 0.4) is 0 Å². The second-order valence-electron chi connectivity index (χ2n) is 5.45. The molecule has 2 unspecified atom stereocenters. The Balaban J connectivity index is 2.18. The predicted octanol–water partition coefficient (Wildman–Crippen LogP) is 3.55. The van der Waals surface area contributed by atoms with Gasteiger partial charge in [-0.3, -0.25) is 0 Å². The number of piperazine rings is 1.